The first-order valence-corrected chi connectivity index (χ1v) is 8.13. The van der Waals surface area contributed by atoms with Gasteiger partial charge >= 0.3 is 0 Å². The van der Waals surface area contributed by atoms with E-state index in [9.17, 15) is 13.5 Å². The predicted molar refractivity (Wildman–Crippen MR) is 69.2 cm³/mol. The molecule has 0 bridgehead atoms. The second-order valence-corrected chi connectivity index (χ2v) is 7.61. The zero-order valence-electron chi connectivity index (χ0n) is 10.3. The summed E-state index contributed by atoms with van der Waals surface area (Å²) in [6.45, 7) is 0. The van der Waals surface area contributed by atoms with Crippen LogP contribution in [0.25, 0.3) is 0 Å². The van der Waals surface area contributed by atoms with Crippen molar-refractivity contribution in [1.82, 2.24) is 0 Å². The topological polar surface area (TPSA) is 54.4 Å². The number of hydrogen-bond donors (Lipinski definition) is 1. The number of rotatable bonds is 1. The smallest absolute Gasteiger partial charge is 0.184 e. The molecule has 0 amide bonds. The molecule has 4 heteroatoms. The zero-order chi connectivity index (χ0) is 12.8. The summed E-state index contributed by atoms with van der Waals surface area (Å²) in [4.78, 5) is 0.425. The average molecular weight is 266 g/mol. The van der Waals surface area contributed by atoms with Crippen molar-refractivity contribution < 1.29 is 13.5 Å². The van der Waals surface area contributed by atoms with Crippen LogP contribution in [0.5, 0.6) is 0 Å². The summed E-state index contributed by atoms with van der Waals surface area (Å²) < 4.78 is 25.1. The molecule has 1 N–H and O–H groups in total. The van der Waals surface area contributed by atoms with Gasteiger partial charge in [0.25, 0.3) is 0 Å². The van der Waals surface area contributed by atoms with Crippen molar-refractivity contribution in [3.05, 3.63) is 29.8 Å². The molecule has 0 unspecified atom stereocenters. The van der Waals surface area contributed by atoms with Gasteiger partial charge in [0.15, 0.2) is 9.84 Å². The fraction of sp³-hybridized carbons (Fsp3) is 0.571. The molecule has 1 fully saturated rings. The molecule has 3 rings (SSSR count). The molecule has 3 nitrogen and oxygen atoms in total. The molecule has 1 aromatic rings. The Kier molecular flexibility index (Phi) is 2.75. The van der Waals surface area contributed by atoms with Gasteiger partial charge in [-0.1, -0.05) is 37.5 Å². The number of aliphatic hydroxyl groups is 1. The van der Waals surface area contributed by atoms with Crippen LogP contribution in [0.15, 0.2) is 29.2 Å². The van der Waals surface area contributed by atoms with Crippen LogP contribution in [0.4, 0.5) is 0 Å². The van der Waals surface area contributed by atoms with Crippen molar-refractivity contribution in [2.24, 2.45) is 0 Å². The quantitative estimate of drug-likeness (QED) is 0.846. The summed E-state index contributed by atoms with van der Waals surface area (Å²) in [7, 11) is -3.35. The van der Waals surface area contributed by atoms with E-state index in [-0.39, 0.29) is 0 Å². The molecule has 1 aromatic carbocycles. The van der Waals surface area contributed by atoms with Crippen LogP contribution in [0.1, 0.15) is 37.7 Å². The second kappa shape index (κ2) is 4.07. The molecule has 1 saturated carbocycles. The summed E-state index contributed by atoms with van der Waals surface area (Å²) in [5.74, 6) is 0. The van der Waals surface area contributed by atoms with E-state index in [1.165, 1.54) is 0 Å². The Balaban J connectivity index is 2.02. The Morgan fingerprint density at radius 2 is 1.78 bits per heavy atom. The molecule has 0 aromatic heterocycles. The minimum atomic E-state index is -3.35. The van der Waals surface area contributed by atoms with Gasteiger partial charge in [0.05, 0.1) is 15.7 Å². The maximum atomic E-state index is 12.5. The summed E-state index contributed by atoms with van der Waals surface area (Å²) in [6.07, 6.45) is 4.66. The van der Waals surface area contributed by atoms with Gasteiger partial charge < -0.3 is 5.11 Å². The SMILES string of the molecule is O=S1(=O)c2ccccc2C[C@H]1C1(O)CCCCC1. The van der Waals surface area contributed by atoms with Gasteiger partial charge in [-0.15, -0.1) is 0 Å². The summed E-state index contributed by atoms with van der Waals surface area (Å²) in [6, 6.07) is 7.14. The second-order valence-electron chi connectivity index (χ2n) is 5.51. The highest BCUT2D eigenvalue weighted by atomic mass is 32.2. The Bertz CT molecular complexity index is 556. The van der Waals surface area contributed by atoms with E-state index < -0.39 is 20.7 Å². The number of fused-ring (bicyclic) bond motifs is 1. The Morgan fingerprint density at radius 3 is 2.44 bits per heavy atom. The lowest BCUT2D eigenvalue weighted by Gasteiger charge is -2.36. The third kappa shape index (κ3) is 1.70. The average Bonchev–Trinajstić information content (AvgIpc) is 2.64. The molecule has 1 atom stereocenters. The van der Waals surface area contributed by atoms with Crippen molar-refractivity contribution in [1.29, 1.82) is 0 Å². The molecule has 2 aliphatic rings. The fourth-order valence-corrected chi connectivity index (χ4v) is 5.68. The highest BCUT2D eigenvalue weighted by molar-refractivity contribution is 7.92. The lowest BCUT2D eigenvalue weighted by atomic mass is 9.80. The standard InChI is InChI=1S/C14H18O3S/c15-14(8-4-1-5-9-14)13-10-11-6-2-3-7-12(11)18(13,16)17/h2-3,6-7,13,15H,1,4-5,8-10H2/t13-/m0/s1. The van der Waals surface area contributed by atoms with Gasteiger partial charge in [0.2, 0.25) is 0 Å². The van der Waals surface area contributed by atoms with Crippen molar-refractivity contribution in [3.63, 3.8) is 0 Å². The molecular weight excluding hydrogens is 248 g/mol. The molecular formula is C14H18O3S. The maximum Gasteiger partial charge on any atom is 0.184 e. The van der Waals surface area contributed by atoms with Gasteiger partial charge in [-0.2, -0.15) is 0 Å². The zero-order valence-corrected chi connectivity index (χ0v) is 11.1. The molecule has 1 aliphatic heterocycles. The third-order valence-electron chi connectivity index (χ3n) is 4.38. The molecule has 18 heavy (non-hydrogen) atoms. The Morgan fingerprint density at radius 1 is 1.11 bits per heavy atom. The molecule has 0 radical (unpaired) electrons. The first kappa shape index (κ1) is 12.2. The van der Waals surface area contributed by atoms with Crippen molar-refractivity contribution >= 4 is 9.84 Å². The molecule has 1 heterocycles. The normalized spacial score (nSPS) is 28.8. The van der Waals surface area contributed by atoms with Crippen molar-refractivity contribution in [2.45, 2.75) is 54.3 Å². The first-order chi connectivity index (χ1) is 8.54. The predicted octanol–water partition coefficient (Wildman–Crippen LogP) is 2.08. The van der Waals surface area contributed by atoms with Crippen LogP contribution in [0, 0.1) is 0 Å². The Hall–Kier alpha value is -0.870. The van der Waals surface area contributed by atoms with Gasteiger partial charge in [-0.25, -0.2) is 8.42 Å². The monoisotopic (exact) mass is 266 g/mol. The lowest BCUT2D eigenvalue weighted by molar-refractivity contribution is 0.00102. The van der Waals surface area contributed by atoms with Crippen molar-refractivity contribution in [2.75, 3.05) is 0 Å². The van der Waals surface area contributed by atoms with Crippen LogP contribution in [-0.2, 0) is 16.3 Å². The van der Waals surface area contributed by atoms with E-state index in [0.717, 1.165) is 24.8 Å². The molecule has 1 aliphatic carbocycles. The van der Waals surface area contributed by atoms with Gasteiger partial charge in [-0.05, 0) is 30.9 Å². The molecule has 0 saturated heterocycles. The Labute approximate surface area is 108 Å². The van der Waals surface area contributed by atoms with Gasteiger partial charge in [0, 0.05) is 0 Å². The fourth-order valence-electron chi connectivity index (χ4n) is 3.38. The minimum Gasteiger partial charge on any atom is -0.389 e. The van der Waals surface area contributed by atoms with E-state index in [0.29, 0.717) is 24.2 Å². The van der Waals surface area contributed by atoms with Crippen LogP contribution in [0.3, 0.4) is 0 Å². The molecule has 98 valence electrons. The van der Waals surface area contributed by atoms with Crippen LogP contribution < -0.4 is 0 Å². The van der Waals surface area contributed by atoms with E-state index in [1.807, 2.05) is 12.1 Å². The van der Waals surface area contributed by atoms with Crippen LogP contribution in [-0.4, -0.2) is 24.4 Å². The number of sulfone groups is 1. The largest absolute Gasteiger partial charge is 0.389 e. The maximum absolute atomic E-state index is 12.5. The first-order valence-electron chi connectivity index (χ1n) is 6.58. The van der Waals surface area contributed by atoms with Crippen molar-refractivity contribution in [3.8, 4) is 0 Å². The van der Waals surface area contributed by atoms with Crippen LogP contribution in [0.2, 0.25) is 0 Å². The van der Waals surface area contributed by atoms with E-state index in [4.69, 9.17) is 0 Å². The summed E-state index contributed by atoms with van der Waals surface area (Å²) >= 11 is 0. The van der Waals surface area contributed by atoms with Gasteiger partial charge in [-0.3, -0.25) is 0 Å². The number of benzene rings is 1. The summed E-state index contributed by atoms with van der Waals surface area (Å²) in [5.41, 5.74) is -0.155. The van der Waals surface area contributed by atoms with Crippen LogP contribution >= 0.6 is 0 Å². The highest BCUT2D eigenvalue weighted by Gasteiger charge is 2.49. The highest BCUT2D eigenvalue weighted by Crippen LogP contribution is 2.42. The summed E-state index contributed by atoms with van der Waals surface area (Å²) in [5, 5.41) is 10.1. The minimum absolute atomic E-state index is 0.425. The van der Waals surface area contributed by atoms with E-state index in [1.54, 1.807) is 12.1 Å². The van der Waals surface area contributed by atoms with E-state index >= 15 is 0 Å². The molecule has 0 spiro atoms. The third-order valence-corrected chi connectivity index (χ3v) is 6.74. The number of hydrogen-bond acceptors (Lipinski definition) is 3. The lowest BCUT2D eigenvalue weighted by Crippen LogP contribution is -2.47. The van der Waals surface area contributed by atoms with Gasteiger partial charge in [0.1, 0.15) is 0 Å². The van der Waals surface area contributed by atoms with E-state index in [2.05, 4.69) is 0 Å².